The van der Waals surface area contributed by atoms with Crippen molar-refractivity contribution in [2.24, 2.45) is 0 Å². The molecule has 2 aromatic carbocycles. The lowest BCUT2D eigenvalue weighted by Gasteiger charge is -2.25. The SMILES string of the molecule is CCN(Cc1ccccc1)C(=O)c1ccc2c(c1)NC(=O)C(C)O2. The van der Waals surface area contributed by atoms with Gasteiger partial charge in [-0.05, 0) is 37.6 Å². The molecule has 0 fully saturated rings. The van der Waals surface area contributed by atoms with Gasteiger partial charge in [-0.1, -0.05) is 30.3 Å². The van der Waals surface area contributed by atoms with Crippen molar-refractivity contribution in [1.29, 1.82) is 0 Å². The van der Waals surface area contributed by atoms with Crippen LogP contribution >= 0.6 is 0 Å². The van der Waals surface area contributed by atoms with Crippen LogP contribution < -0.4 is 10.1 Å². The van der Waals surface area contributed by atoms with Gasteiger partial charge in [0.15, 0.2) is 6.10 Å². The van der Waals surface area contributed by atoms with Crippen LogP contribution in [0.2, 0.25) is 0 Å². The zero-order valence-electron chi connectivity index (χ0n) is 13.8. The first-order chi connectivity index (χ1) is 11.6. The highest BCUT2D eigenvalue weighted by molar-refractivity contribution is 6.00. The fraction of sp³-hybridized carbons (Fsp3) is 0.263. The number of ether oxygens (including phenoxy) is 1. The minimum Gasteiger partial charge on any atom is -0.479 e. The summed E-state index contributed by atoms with van der Waals surface area (Å²) in [5.74, 6) is 0.311. The molecule has 0 bridgehead atoms. The van der Waals surface area contributed by atoms with E-state index < -0.39 is 6.10 Å². The van der Waals surface area contributed by atoms with Crippen molar-refractivity contribution in [2.45, 2.75) is 26.5 Å². The fourth-order valence-electron chi connectivity index (χ4n) is 2.66. The summed E-state index contributed by atoms with van der Waals surface area (Å²) in [4.78, 5) is 26.3. The average molecular weight is 324 g/mol. The summed E-state index contributed by atoms with van der Waals surface area (Å²) in [5, 5.41) is 2.78. The van der Waals surface area contributed by atoms with Gasteiger partial charge in [0.2, 0.25) is 0 Å². The number of amides is 2. The van der Waals surface area contributed by atoms with Gasteiger partial charge in [-0.3, -0.25) is 9.59 Å². The lowest BCUT2D eigenvalue weighted by Crippen LogP contribution is -2.35. The van der Waals surface area contributed by atoms with Crippen LogP contribution in [0.1, 0.15) is 29.8 Å². The molecule has 5 nitrogen and oxygen atoms in total. The summed E-state index contributed by atoms with van der Waals surface area (Å²) in [6.07, 6.45) is -0.524. The third-order valence-corrected chi connectivity index (χ3v) is 4.04. The van der Waals surface area contributed by atoms with E-state index in [9.17, 15) is 9.59 Å². The van der Waals surface area contributed by atoms with Gasteiger partial charge in [0.1, 0.15) is 5.75 Å². The largest absolute Gasteiger partial charge is 0.479 e. The van der Waals surface area contributed by atoms with E-state index in [1.807, 2.05) is 37.3 Å². The second kappa shape index (κ2) is 6.74. The molecular formula is C19H20N2O3. The Balaban J connectivity index is 1.81. The number of anilines is 1. The number of carbonyl (C=O) groups is 2. The molecule has 0 aromatic heterocycles. The fourth-order valence-corrected chi connectivity index (χ4v) is 2.66. The van der Waals surface area contributed by atoms with Gasteiger partial charge in [0.25, 0.3) is 11.8 Å². The number of benzene rings is 2. The predicted octanol–water partition coefficient (Wildman–Crippen LogP) is 3.07. The molecular weight excluding hydrogens is 304 g/mol. The first-order valence-electron chi connectivity index (χ1n) is 8.03. The summed E-state index contributed by atoms with van der Waals surface area (Å²) in [7, 11) is 0. The Morgan fingerprint density at radius 2 is 1.96 bits per heavy atom. The van der Waals surface area contributed by atoms with Crippen LogP contribution in [0, 0.1) is 0 Å². The minimum atomic E-state index is -0.524. The first kappa shape index (κ1) is 16.1. The lowest BCUT2D eigenvalue weighted by molar-refractivity contribution is -0.122. The Bertz CT molecular complexity index is 758. The molecule has 1 aliphatic heterocycles. The molecule has 2 aromatic rings. The Morgan fingerprint density at radius 1 is 1.21 bits per heavy atom. The van der Waals surface area contributed by atoms with Crippen molar-refractivity contribution in [3.63, 3.8) is 0 Å². The van der Waals surface area contributed by atoms with Crippen LogP contribution in [0.4, 0.5) is 5.69 Å². The highest BCUT2D eigenvalue weighted by Gasteiger charge is 2.25. The van der Waals surface area contributed by atoms with Crippen LogP contribution in [0.15, 0.2) is 48.5 Å². The van der Waals surface area contributed by atoms with Crippen LogP contribution in [0.25, 0.3) is 0 Å². The summed E-state index contributed by atoms with van der Waals surface area (Å²) in [5.41, 5.74) is 2.15. The normalized spacial score (nSPS) is 15.9. The molecule has 124 valence electrons. The Labute approximate surface area is 141 Å². The number of rotatable bonds is 4. The number of fused-ring (bicyclic) bond motifs is 1. The van der Waals surface area contributed by atoms with Crippen molar-refractivity contribution in [3.05, 3.63) is 59.7 Å². The molecule has 0 aliphatic carbocycles. The van der Waals surface area contributed by atoms with E-state index in [4.69, 9.17) is 4.74 Å². The van der Waals surface area contributed by atoms with Crippen molar-refractivity contribution >= 4 is 17.5 Å². The molecule has 1 unspecified atom stereocenters. The van der Waals surface area contributed by atoms with Gasteiger partial charge < -0.3 is 15.0 Å². The van der Waals surface area contributed by atoms with Gasteiger partial charge in [0.05, 0.1) is 5.69 Å². The highest BCUT2D eigenvalue weighted by atomic mass is 16.5. The van der Waals surface area contributed by atoms with Gasteiger partial charge in [-0.25, -0.2) is 0 Å². The van der Waals surface area contributed by atoms with E-state index in [2.05, 4.69) is 5.32 Å². The van der Waals surface area contributed by atoms with E-state index in [-0.39, 0.29) is 11.8 Å². The van der Waals surface area contributed by atoms with Gasteiger partial charge in [-0.15, -0.1) is 0 Å². The highest BCUT2D eigenvalue weighted by Crippen LogP contribution is 2.30. The number of hydrogen-bond donors (Lipinski definition) is 1. The molecule has 24 heavy (non-hydrogen) atoms. The number of nitrogens with zero attached hydrogens (tertiary/aromatic N) is 1. The van der Waals surface area contributed by atoms with Gasteiger partial charge >= 0.3 is 0 Å². The topological polar surface area (TPSA) is 58.6 Å². The van der Waals surface area contributed by atoms with E-state index in [0.717, 1.165) is 5.56 Å². The third-order valence-electron chi connectivity index (χ3n) is 4.04. The molecule has 0 radical (unpaired) electrons. The number of hydrogen-bond acceptors (Lipinski definition) is 3. The molecule has 1 aliphatic rings. The Hall–Kier alpha value is -2.82. The first-order valence-corrected chi connectivity index (χ1v) is 8.03. The average Bonchev–Trinajstić information content (AvgIpc) is 2.60. The standard InChI is InChI=1S/C19H20N2O3/c1-3-21(12-14-7-5-4-6-8-14)19(23)15-9-10-17-16(11-15)20-18(22)13(2)24-17/h4-11,13H,3,12H2,1-2H3,(H,20,22). The van der Waals surface area contributed by atoms with Crippen molar-refractivity contribution in [1.82, 2.24) is 4.90 Å². The van der Waals surface area contributed by atoms with Gasteiger partial charge in [-0.2, -0.15) is 0 Å². The van der Waals surface area contributed by atoms with E-state index in [1.54, 1.807) is 30.0 Å². The molecule has 1 atom stereocenters. The molecule has 1 N–H and O–H groups in total. The monoisotopic (exact) mass is 324 g/mol. The molecule has 0 saturated carbocycles. The van der Waals surface area contributed by atoms with Crippen LogP contribution in [0.5, 0.6) is 5.75 Å². The number of nitrogens with one attached hydrogen (secondary N) is 1. The summed E-state index contributed by atoms with van der Waals surface area (Å²) in [6, 6.07) is 15.0. The lowest BCUT2D eigenvalue weighted by atomic mass is 10.1. The van der Waals surface area contributed by atoms with E-state index >= 15 is 0 Å². The molecule has 0 saturated heterocycles. The molecule has 0 spiro atoms. The van der Waals surface area contributed by atoms with E-state index in [0.29, 0.717) is 30.1 Å². The van der Waals surface area contributed by atoms with Gasteiger partial charge in [0, 0.05) is 18.7 Å². The summed E-state index contributed by atoms with van der Waals surface area (Å²) >= 11 is 0. The van der Waals surface area contributed by atoms with E-state index in [1.165, 1.54) is 0 Å². The van der Waals surface area contributed by atoms with Crippen LogP contribution in [-0.2, 0) is 11.3 Å². The van der Waals surface area contributed by atoms with Crippen molar-refractivity contribution < 1.29 is 14.3 Å². The molecule has 5 heteroatoms. The summed E-state index contributed by atoms with van der Waals surface area (Å²) in [6.45, 7) is 4.79. The zero-order valence-corrected chi connectivity index (χ0v) is 13.8. The molecule has 1 heterocycles. The third kappa shape index (κ3) is 3.25. The molecule has 2 amide bonds. The van der Waals surface area contributed by atoms with Crippen LogP contribution in [0.3, 0.4) is 0 Å². The maximum atomic E-state index is 12.8. The smallest absolute Gasteiger partial charge is 0.265 e. The second-order valence-electron chi connectivity index (χ2n) is 5.77. The van der Waals surface area contributed by atoms with Crippen LogP contribution in [-0.4, -0.2) is 29.4 Å². The minimum absolute atomic E-state index is 0.0722. The quantitative estimate of drug-likeness (QED) is 0.940. The zero-order chi connectivity index (χ0) is 17.1. The predicted molar refractivity (Wildman–Crippen MR) is 92.0 cm³/mol. The molecule has 3 rings (SSSR count). The van der Waals surface area contributed by atoms with Crippen molar-refractivity contribution in [3.8, 4) is 5.75 Å². The Morgan fingerprint density at radius 3 is 2.67 bits per heavy atom. The maximum absolute atomic E-state index is 12.8. The Kier molecular flexibility index (Phi) is 4.51. The summed E-state index contributed by atoms with van der Waals surface area (Å²) < 4.78 is 5.52. The second-order valence-corrected chi connectivity index (χ2v) is 5.77. The van der Waals surface area contributed by atoms with Crippen molar-refractivity contribution in [2.75, 3.05) is 11.9 Å². The maximum Gasteiger partial charge on any atom is 0.265 e. The number of carbonyl (C=O) groups excluding carboxylic acids is 2.